The van der Waals surface area contributed by atoms with Crippen LogP contribution in [-0.4, -0.2) is 0 Å². The second-order valence-electron chi connectivity index (χ2n) is 3.77. The lowest BCUT2D eigenvalue weighted by atomic mass is 9.89. The molecular formula is C12H17F2N. The van der Waals surface area contributed by atoms with E-state index in [0.717, 1.165) is 18.9 Å². The number of rotatable bonds is 4. The van der Waals surface area contributed by atoms with Gasteiger partial charge >= 0.3 is 0 Å². The van der Waals surface area contributed by atoms with Crippen LogP contribution in [0.2, 0.25) is 0 Å². The molecule has 0 saturated carbocycles. The summed E-state index contributed by atoms with van der Waals surface area (Å²) in [5.74, 6) is -0.868. The van der Waals surface area contributed by atoms with Crippen LogP contribution in [0, 0.1) is 17.6 Å². The molecule has 1 nitrogen and oxygen atoms in total. The van der Waals surface area contributed by atoms with Gasteiger partial charge in [-0.3, -0.25) is 0 Å². The molecule has 0 heterocycles. The Hall–Kier alpha value is -0.960. The topological polar surface area (TPSA) is 26.0 Å². The minimum absolute atomic E-state index is 0.241. The van der Waals surface area contributed by atoms with Gasteiger partial charge in [-0.25, -0.2) is 8.78 Å². The number of halogens is 2. The van der Waals surface area contributed by atoms with E-state index in [1.165, 1.54) is 12.1 Å². The molecule has 1 rings (SSSR count). The molecule has 1 unspecified atom stereocenters. The lowest BCUT2D eigenvalue weighted by Gasteiger charge is -2.21. The largest absolute Gasteiger partial charge is 0.324 e. The van der Waals surface area contributed by atoms with Gasteiger partial charge < -0.3 is 5.73 Å². The van der Waals surface area contributed by atoms with Crippen LogP contribution in [0.1, 0.15) is 38.3 Å². The minimum atomic E-state index is -0.562. The Labute approximate surface area is 89.3 Å². The van der Waals surface area contributed by atoms with Crippen molar-refractivity contribution in [2.45, 2.75) is 32.7 Å². The average Bonchev–Trinajstić information content (AvgIpc) is 2.19. The molecule has 0 aliphatic heterocycles. The summed E-state index contributed by atoms with van der Waals surface area (Å²) < 4.78 is 26.1. The van der Waals surface area contributed by atoms with E-state index in [4.69, 9.17) is 5.73 Å². The highest BCUT2D eigenvalue weighted by atomic mass is 19.1. The van der Waals surface area contributed by atoms with E-state index in [2.05, 4.69) is 0 Å². The molecule has 0 amide bonds. The van der Waals surface area contributed by atoms with Crippen LogP contribution >= 0.6 is 0 Å². The molecule has 0 saturated heterocycles. The fourth-order valence-electron chi connectivity index (χ4n) is 1.82. The van der Waals surface area contributed by atoms with Crippen molar-refractivity contribution in [3.63, 3.8) is 0 Å². The van der Waals surface area contributed by atoms with Crippen molar-refractivity contribution in [3.05, 3.63) is 35.4 Å². The Bertz CT molecular complexity index is 321. The van der Waals surface area contributed by atoms with Gasteiger partial charge in [-0.15, -0.1) is 0 Å². The van der Waals surface area contributed by atoms with Gasteiger partial charge in [0.1, 0.15) is 11.6 Å². The van der Waals surface area contributed by atoms with Crippen LogP contribution in [0.5, 0.6) is 0 Å². The van der Waals surface area contributed by atoms with Crippen molar-refractivity contribution >= 4 is 0 Å². The van der Waals surface area contributed by atoms with Gasteiger partial charge in [0.15, 0.2) is 0 Å². The van der Waals surface area contributed by atoms with Crippen molar-refractivity contribution in [2.75, 3.05) is 0 Å². The van der Waals surface area contributed by atoms with Gasteiger partial charge in [0, 0.05) is 17.7 Å². The van der Waals surface area contributed by atoms with Crippen molar-refractivity contribution in [3.8, 4) is 0 Å². The molecule has 1 aromatic rings. The first-order valence-electron chi connectivity index (χ1n) is 5.30. The molecule has 1 aromatic carbocycles. The zero-order valence-electron chi connectivity index (χ0n) is 9.13. The fourth-order valence-corrected chi connectivity index (χ4v) is 1.82. The molecule has 0 aliphatic rings. The van der Waals surface area contributed by atoms with Crippen LogP contribution in [0.25, 0.3) is 0 Å². The van der Waals surface area contributed by atoms with Crippen molar-refractivity contribution < 1.29 is 8.78 Å². The number of benzene rings is 1. The Morgan fingerprint density at radius 2 is 1.80 bits per heavy atom. The summed E-state index contributed by atoms with van der Waals surface area (Å²) in [5.41, 5.74) is 6.36. The Morgan fingerprint density at radius 3 is 2.27 bits per heavy atom. The van der Waals surface area contributed by atoms with E-state index >= 15 is 0 Å². The third-order valence-electron chi connectivity index (χ3n) is 2.88. The molecule has 84 valence electrons. The van der Waals surface area contributed by atoms with Gasteiger partial charge in [0.05, 0.1) is 0 Å². The standard InChI is InChI=1S/C12H17F2N/c1-3-8(4-2)12(15)10-6-5-9(13)7-11(10)14/h5-8,12H,3-4,15H2,1-2H3. The molecule has 15 heavy (non-hydrogen) atoms. The molecule has 0 aromatic heterocycles. The molecule has 0 fully saturated rings. The SMILES string of the molecule is CCC(CC)C(N)c1ccc(F)cc1F. The van der Waals surface area contributed by atoms with Gasteiger partial charge in [-0.05, 0) is 12.0 Å². The van der Waals surface area contributed by atoms with Gasteiger partial charge in [0.25, 0.3) is 0 Å². The van der Waals surface area contributed by atoms with E-state index in [1.54, 1.807) is 0 Å². The van der Waals surface area contributed by atoms with E-state index in [0.29, 0.717) is 5.56 Å². The number of hydrogen-bond acceptors (Lipinski definition) is 1. The molecule has 0 spiro atoms. The smallest absolute Gasteiger partial charge is 0.130 e. The first-order chi connectivity index (χ1) is 7.10. The lowest BCUT2D eigenvalue weighted by molar-refractivity contribution is 0.393. The molecule has 0 bridgehead atoms. The quantitative estimate of drug-likeness (QED) is 0.815. The number of hydrogen-bond donors (Lipinski definition) is 1. The second kappa shape index (κ2) is 5.21. The zero-order chi connectivity index (χ0) is 11.4. The van der Waals surface area contributed by atoms with E-state index in [-0.39, 0.29) is 12.0 Å². The third-order valence-corrected chi connectivity index (χ3v) is 2.88. The molecule has 3 heteroatoms. The summed E-state index contributed by atoms with van der Waals surface area (Å²) in [6, 6.07) is 3.23. The first kappa shape index (κ1) is 12.1. The third kappa shape index (κ3) is 2.75. The highest BCUT2D eigenvalue weighted by molar-refractivity contribution is 5.22. The second-order valence-corrected chi connectivity index (χ2v) is 3.77. The van der Waals surface area contributed by atoms with Crippen molar-refractivity contribution in [2.24, 2.45) is 11.7 Å². The normalized spacial score (nSPS) is 13.2. The Kier molecular flexibility index (Phi) is 4.21. The van der Waals surface area contributed by atoms with Crippen LogP contribution in [-0.2, 0) is 0 Å². The average molecular weight is 213 g/mol. The summed E-state index contributed by atoms with van der Waals surface area (Å²) in [6.45, 7) is 4.05. The maximum absolute atomic E-state index is 13.4. The summed E-state index contributed by atoms with van der Waals surface area (Å²) in [7, 11) is 0. The minimum Gasteiger partial charge on any atom is -0.324 e. The number of nitrogens with two attached hydrogens (primary N) is 1. The van der Waals surface area contributed by atoms with E-state index < -0.39 is 11.6 Å². The predicted molar refractivity (Wildman–Crippen MR) is 57.4 cm³/mol. The van der Waals surface area contributed by atoms with Crippen LogP contribution < -0.4 is 5.73 Å². The van der Waals surface area contributed by atoms with Gasteiger partial charge in [0.2, 0.25) is 0 Å². The summed E-state index contributed by atoms with van der Waals surface area (Å²) in [5, 5.41) is 0. The maximum atomic E-state index is 13.4. The fraction of sp³-hybridized carbons (Fsp3) is 0.500. The molecule has 2 N–H and O–H groups in total. The molecule has 0 aliphatic carbocycles. The zero-order valence-corrected chi connectivity index (χ0v) is 9.13. The predicted octanol–water partition coefficient (Wildman–Crippen LogP) is 3.40. The van der Waals surface area contributed by atoms with Crippen molar-refractivity contribution in [1.29, 1.82) is 0 Å². The van der Waals surface area contributed by atoms with E-state index in [1.807, 2.05) is 13.8 Å². The summed E-state index contributed by atoms with van der Waals surface area (Å²) in [4.78, 5) is 0. The summed E-state index contributed by atoms with van der Waals surface area (Å²) >= 11 is 0. The summed E-state index contributed by atoms with van der Waals surface area (Å²) in [6.07, 6.45) is 1.79. The van der Waals surface area contributed by atoms with Gasteiger partial charge in [-0.1, -0.05) is 32.8 Å². The van der Waals surface area contributed by atoms with Crippen LogP contribution in [0.4, 0.5) is 8.78 Å². The lowest BCUT2D eigenvalue weighted by Crippen LogP contribution is -2.21. The maximum Gasteiger partial charge on any atom is 0.130 e. The highest BCUT2D eigenvalue weighted by Gasteiger charge is 2.19. The Balaban J connectivity index is 2.94. The van der Waals surface area contributed by atoms with E-state index in [9.17, 15) is 8.78 Å². The van der Waals surface area contributed by atoms with Gasteiger partial charge in [-0.2, -0.15) is 0 Å². The molecule has 1 atom stereocenters. The van der Waals surface area contributed by atoms with Crippen LogP contribution in [0.15, 0.2) is 18.2 Å². The van der Waals surface area contributed by atoms with Crippen molar-refractivity contribution in [1.82, 2.24) is 0 Å². The first-order valence-corrected chi connectivity index (χ1v) is 5.30. The molecular weight excluding hydrogens is 196 g/mol. The highest BCUT2D eigenvalue weighted by Crippen LogP contribution is 2.27. The molecule has 0 radical (unpaired) electrons. The Morgan fingerprint density at radius 1 is 1.20 bits per heavy atom. The monoisotopic (exact) mass is 213 g/mol. The van der Waals surface area contributed by atoms with Crippen LogP contribution in [0.3, 0.4) is 0 Å².